The zero-order valence-corrected chi connectivity index (χ0v) is 14.6. The topological polar surface area (TPSA) is 58.4 Å². The van der Waals surface area contributed by atoms with Crippen molar-refractivity contribution in [2.24, 2.45) is 0 Å². The molecular weight excluding hydrogens is 302 g/mol. The normalized spacial score (nSPS) is 16.2. The highest BCUT2D eigenvalue weighted by Gasteiger charge is 2.28. The number of nitrogens with zero attached hydrogens (tertiary/aromatic N) is 2. The van der Waals surface area contributed by atoms with E-state index in [0.29, 0.717) is 5.92 Å². The van der Waals surface area contributed by atoms with Crippen molar-refractivity contribution in [3.8, 4) is 0 Å². The van der Waals surface area contributed by atoms with Crippen molar-refractivity contribution in [2.75, 3.05) is 18.4 Å². The molecule has 2 heterocycles. The van der Waals surface area contributed by atoms with Crippen LogP contribution >= 0.6 is 0 Å². The molecule has 1 aromatic carbocycles. The number of benzene rings is 1. The van der Waals surface area contributed by atoms with E-state index in [1.165, 1.54) is 0 Å². The summed E-state index contributed by atoms with van der Waals surface area (Å²) in [7, 11) is 0. The largest absolute Gasteiger partial charge is 0.445 e. The molecular formula is C19H25N3O2. The lowest BCUT2D eigenvalue weighted by Crippen LogP contribution is -2.40. The van der Waals surface area contributed by atoms with Gasteiger partial charge in [-0.15, -0.1) is 0 Å². The molecule has 0 radical (unpaired) electrons. The first-order valence-electron chi connectivity index (χ1n) is 8.50. The SMILES string of the molecule is CC(C)(C)c1cnc(C2CCN(C(=O)Nc3ccccc3)CC2)o1. The molecule has 0 unspecified atom stereocenters. The second kappa shape index (κ2) is 6.67. The van der Waals surface area contributed by atoms with E-state index in [0.717, 1.165) is 43.3 Å². The minimum Gasteiger partial charge on any atom is -0.445 e. The van der Waals surface area contributed by atoms with Gasteiger partial charge in [-0.2, -0.15) is 0 Å². The molecule has 0 bridgehead atoms. The molecule has 1 aliphatic heterocycles. The molecule has 1 N–H and O–H groups in total. The van der Waals surface area contributed by atoms with Crippen LogP contribution in [-0.4, -0.2) is 29.0 Å². The van der Waals surface area contributed by atoms with Gasteiger partial charge in [0.25, 0.3) is 0 Å². The fourth-order valence-electron chi connectivity index (χ4n) is 2.88. The van der Waals surface area contributed by atoms with Gasteiger partial charge in [0.2, 0.25) is 0 Å². The standard InChI is InChI=1S/C19H25N3O2/c1-19(2,3)16-13-20-17(24-16)14-9-11-22(12-10-14)18(23)21-15-7-5-4-6-8-15/h4-8,13-14H,9-12H2,1-3H3,(H,21,23). The minimum absolute atomic E-state index is 0.0263. The van der Waals surface area contributed by atoms with Crippen molar-refractivity contribution in [3.63, 3.8) is 0 Å². The summed E-state index contributed by atoms with van der Waals surface area (Å²) in [6, 6.07) is 9.51. The highest BCUT2D eigenvalue weighted by Crippen LogP contribution is 2.31. The number of carbonyl (C=O) groups is 1. The van der Waals surface area contributed by atoms with Gasteiger partial charge in [-0.25, -0.2) is 9.78 Å². The smallest absolute Gasteiger partial charge is 0.321 e. The Bertz CT molecular complexity index is 680. The third kappa shape index (κ3) is 3.78. The first-order chi connectivity index (χ1) is 11.4. The number of para-hydroxylation sites is 1. The lowest BCUT2D eigenvalue weighted by molar-refractivity contribution is 0.189. The first-order valence-corrected chi connectivity index (χ1v) is 8.50. The fraction of sp³-hybridized carbons (Fsp3) is 0.474. The summed E-state index contributed by atoms with van der Waals surface area (Å²) < 4.78 is 5.95. The van der Waals surface area contributed by atoms with Crippen molar-refractivity contribution < 1.29 is 9.21 Å². The number of aromatic nitrogens is 1. The Morgan fingerprint density at radius 3 is 2.46 bits per heavy atom. The van der Waals surface area contributed by atoms with E-state index in [2.05, 4.69) is 31.1 Å². The number of urea groups is 1. The van der Waals surface area contributed by atoms with Crippen LogP contribution in [0.4, 0.5) is 10.5 Å². The number of piperidine rings is 1. The van der Waals surface area contributed by atoms with Crippen molar-refractivity contribution in [1.82, 2.24) is 9.88 Å². The van der Waals surface area contributed by atoms with Gasteiger partial charge in [0, 0.05) is 30.1 Å². The van der Waals surface area contributed by atoms with E-state index in [1.54, 1.807) is 0 Å². The Balaban J connectivity index is 1.56. The van der Waals surface area contributed by atoms with Crippen LogP contribution in [-0.2, 0) is 5.41 Å². The Kier molecular flexibility index (Phi) is 4.60. The van der Waals surface area contributed by atoms with Crippen molar-refractivity contribution >= 4 is 11.7 Å². The van der Waals surface area contributed by atoms with Crippen LogP contribution < -0.4 is 5.32 Å². The second-order valence-corrected chi connectivity index (χ2v) is 7.37. The zero-order chi connectivity index (χ0) is 17.2. The van der Waals surface area contributed by atoms with E-state index in [-0.39, 0.29) is 11.4 Å². The highest BCUT2D eigenvalue weighted by atomic mass is 16.4. The number of nitrogens with one attached hydrogen (secondary N) is 1. The maximum Gasteiger partial charge on any atom is 0.321 e. The summed E-state index contributed by atoms with van der Waals surface area (Å²) in [5.41, 5.74) is 0.800. The fourth-order valence-corrected chi connectivity index (χ4v) is 2.88. The van der Waals surface area contributed by atoms with E-state index in [9.17, 15) is 4.79 Å². The molecule has 5 nitrogen and oxygen atoms in total. The van der Waals surface area contributed by atoms with Gasteiger partial charge >= 0.3 is 6.03 Å². The van der Waals surface area contributed by atoms with Crippen LogP contribution in [0.5, 0.6) is 0 Å². The summed E-state index contributed by atoms with van der Waals surface area (Å²) in [6.07, 6.45) is 3.60. The van der Waals surface area contributed by atoms with E-state index in [1.807, 2.05) is 41.4 Å². The molecule has 0 aliphatic carbocycles. The van der Waals surface area contributed by atoms with E-state index < -0.39 is 0 Å². The molecule has 3 rings (SSSR count). The lowest BCUT2D eigenvalue weighted by Gasteiger charge is -2.30. The van der Waals surface area contributed by atoms with Crippen LogP contribution in [0.25, 0.3) is 0 Å². The lowest BCUT2D eigenvalue weighted by atomic mass is 9.94. The molecule has 128 valence electrons. The Morgan fingerprint density at radius 1 is 1.21 bits per heavy atom. The number of likely N-dealkylation sites (tertiary alicyclic amines) is 1. The summed E-state index contributed by atoms with van der Waals surface area (Å²) >= 11 is 0. The molecule has 1 fully saturated rings. The molecule has 1 aromatic heterocycles. The molecule has 5 heteroatoms. The van der Waals surface area contributed by atoms with E-state index >= 15 is 0 Å². The van der Waals surface area contributed by atoms with Gasteiger partial charge < -0.3 is 14.6 Å². The molecule has 0 saturated carbocycles. The Labute approximate surface area is 143 Å². The van der Waals surface area contributed by atoms with E-state index in [4.69, 9.17) is 4.42 Å². The van der Waals surface area contributed by atoms with Crippen molar-refractivity contribution in [1.29, 1.82) is 0 Å². The molecule has 0 spiro atoms. The number of carbonyl (C=O) groups excluding carboxylic acids is 1. The average molecular weight is 327 g/mol. The second-order valence-electron chi connectivity index (χ2n) is 7.37. The first kappa shape index (κ1) is 16.6. The summed E-state index contributed by atoms with van der Waals surface area (Å²) in [5.74, 6) is 2.02. The zero-order valence-electron chi connectivity index (χ0n) is 14.6. The molecule has 2 amide bonds. The summed E-state index contributed by atoms with van der Waals surface area (Å²) in [4.78, 5) is 18.6. The average Bonchev–Trinajstić information content (AvgIpc) is 3.06. The third-order valence-electron chi connectivity index (χ3n) is 4.42. The Morgan fingerprint density at radius 2 is 1.88 bits per heavy atom. The predicted molar refractivity (Wildman–Crippen MR) is 94.2 cm³/mol. The summed E-state index contributed by atoms with van der Waals surface area (Å²) in [5, 5.41) is 2.94. The molecule has 24 heavy (non-hydrogen) atoms. The van der Waals surface area contributed by atoms with Crippen molar-refractivity contribution in [2.45, 2.75) is 44.9 Å². The molecule has 0 atom stereocenters. The number of oxazole rings is 1. The van der Waals surface area contributed by atoms with Crippen LogP contribution in [0.15, 0.2) is 40.9 Å². The molecule has 2 aromatic rings. The van der Waals surface area contributed by atoms with Crippen LogP contribution in [0.1, 0.15) is 51.2 Å². The number of rotatable bonds is 2. The van der Waals surface area contributed by atoms with Crippen LogP contribution in [0.2, 0.25) is 0 Å². The number of hydrogen-bond donors (Lipinski definition) is 1. The van der Waals surface area contributed by atoms with Gasteiger partial charge in [0.05, 0.1) is 6.20 Å². The highest BCUT2D eigenvalue weighted by molar-refractivity contribution is 5.89. The maximum absolute atomic E-state index is 12.3. The monoisotopic (exact) mass is 327 g/mol. The number of amides is 2. The Hall–Kier alpha value is -2.30. The maximum atomic E-state index is 12.3. The summed E-state index contributed by atoms with van der Waals surface area (Å²) in [6.45, 7) is 7.79. The molecule has 1 aliphatic rings. The number of hydrogen-bond acceptors (Lipinski definition) is 3. The van der Waals surface area contributed by atoms with Gasteiger partial charge in [-0.05, 0) is 25.0 Å². The van der Waals surface area contributed by atoms with Gasteiger partial charge in [0.1, 0.15) is 5.76 Å². The van der Waals surface area contributed by atoms with Crippen LogP contribution in [0, 0.1) is 0 Å². The third-order valence-corrected chi connectivity index (χ3v) is 4.42. The quantitative estimate of drug-likeness (QED) is 0.890. The molecule has 1 saturated heterocycles. The minimum atomic E-state index is -0.0394. The predicted octanol–water partition coefficient (Wildman–Crippen LogP) is 4.38. The van der Waals surface area contributed by atoms with Crippen LogP contribution in [0.3, 0.4) is 0 Å². The van der Waals surface area contributed by atoms with Crippen molar-refractivity contribution in [3.05, 3.63) is 48.2 Å². The van der Waals surface area contributed by atoms with Gasteiger partial charge in [0.15, 0.2) is 5.89 Å². The van der Waals surface area contributed by atoms with Gasteiger partial charge in [-0.3, -0.25) is 0 Å². The van der Waals surface area contributed by atoms with Gasteiger partial charge in [-0.1, -0.05) is 39.0 Å². The number of anilines is 1.